The number of nitrogens with zero attached hydrogens (tertiary/aromatic N) is 1. The average Bonchev–Trinajstić information content (AvgIpc) is 2.25. The van der Waals surface area contributed by atoms with E-state index in [1.54, 1.807) is 0 Å². The molecular weight excluding hydrogens is 196 g/mol. The molecule has 1 N–H and O–H groups in total. The molecule has 0 bridgehead atoms. The van der Waals surface area contributed by atoms with Crippen LogP contribution in [0.3, 0.4) is 0 Å². The Kier molecular flexibility index (Phi) is 4.26. The minimum absolute atomic E-state index is 0.747. The molecule has 0 aliphatic carbocycles. The Morgan fingerprint density at radius 1 is 1.19 bits per heavy atom. The Bertz CT molecular complexity index is 217. The summed E-state index contributed by atoms with van der Waals surface area (Å²) in [7, 11) is 0. The summed E-state index contributed by atoms with van der Waals surface area (Å²) in [6.45, 7) is 11.0. The third kappa shape index (κ3) is 2.98. The molecule has 2 heterocycles. The number of hydrogen-bond donors (Lipinski definition) is 1. The van der Waals surface area contributed by atoms with Gasteiger partial charge in [-0.25, -0.2) is 0 Å². The predicted octanol–water partition coefficient (Wildman–Crippen LogP) is 2.49. The predicted molar refractivity (Wildman–Crippen MR) is 69.6 cm³/mol. The van der Waals surface area contributed by atoms with Gasteiger partial charge in [-0.1, -0.05) is 13.8 Å². The van der Waals surface area contributed by atoms with Gasteiger partial charge in [0.2, 0.25) is 0 Å². The van der Waals surface area contributed by atoms with Crippen molar-refractivity contribution in [2.75, 3.05) is 19.6 Å². The molecule has 0 aromatic rings. The minimum Gasteiger partial charge on any atom is -0.313 e. The third-order valence-electron chi connectivity index (χ3n) is 4.72. The Hall–Kier alpha value is -0.0800. The van der Waals surface area contributed by atoms with Crippen LogP contribution in [0.25, 0.3) is 0 Å². The van der Waals surface area contributed by atoms with Crippen LogP contribution >= 0.6 is 0 Å². The standard InChI is InChI=1S/C14H28N2/c1-11-6-7-15-14(9-11)10-16-8-4-5-12(2)13(16)3/h11-15H,4-10H2,1-3H3. The normalized spacial score (nSPS) is 42.2. The van der Waals surface area contributed by atoms with Crippen molar-refractivity contribution in [1.29, 1.82) is 0 Å². The average molecular weight is 224 g/mol. The molecule has 2 aliphatic heterocycles. The fourth-order valence-electron chi connectivity index (χ4n) is 3.32. The zero-order valence-corrected chi connectivity index (χ0v) is 11.2. The second kappa shape index (κ2) is 5.50. The maximum atomic E-state index is 3.69. The molecule has 0 radical (unpaired) electrons. The van der Waals surface area contributed by atoms with Crippen molar-refractivity contribution in [3.05, 3.63) is 0 Å². The SMILES string of the molecule is CC1CCNC(CN2CCCC(C)C2C)C1. The van der Waals surface area contributed by atoms with Crippen LogP contribution in [-0.2, 0) is 0 Å². The number of piperidine rings is 2. The van der Waals surface area contributed by atoms with Gasteiger partial charge in [-0.3, -0.25) is 4.90 Å². The van der Waals surface area contributed by atoms with Gasteiger partial charge < -0.3 is 5.32 Å². The topological polar surface area (TPSA) is 15.3 Å². The fourth-order valence-corrected chi connectivity index (χ4v) is 3.32. The number of rotatable bonds is 2. The lowest BCUT2D eigenvalue weighted by Crippen LogP contribution is -2.51. The molecule has 94 valence electrons. The van der Waals surface area contributed by atoms with Crippen molar-refractivity contribution in [1.82, 2.24) is 10.2 Å². The van der Waals surface area contributed by atoms with Crippen LogP contribution in [0.1, 0.15) is 46.5 Å². The largest absolute Gasteiger partial charge is 0.313 e. The molecule has 0 spiro atoms. The summed E-state index contributed by atoms with van der Waals surface area (Å²) < 4.78 is 0. The van der Waals surface area contributed by atoms with Gasteiger partial charge in [0.05, 0.1) is 0 Å². The van der Waals surface area contributed by atoms with Gasteiger partial charge in [-0.15, -0.1) is 0 Å². The Morgan fingerprint density at radius 3 is 2.75 bits per heavy atom. The van der Waals surface area contributed by atoms with Crippen molar-refractivity contribution in [3.63, 3.8) is 0 Å². The molecule has 0 aromatic carbocycles. The quantitative estimate of drug-likeness (QED) is 0.775. The van der Waals surface area contributed by atoms with E-state index in [2.05, 4.69) is 31.0 Å². The van der Waals surface area contributed by atoms with E-state index in [0.29, 0.717) is 0 Å². The summed E-state index contributed by atoms with van der Waals surface area (Å²) in [5.74, 6) is 1.80. The Morgan fingerprint density at radius 2 is 2.00 bits per heavy atom. The number of nitrogens with one attached hydrogen (secondary N) is 1. The van der Waals surface area contributed by atoms with Gasteiger partial charge in [0.25, 0.3) is 0 Å². The zero-order chi connectivity index (χ0) is 11.5. The highest BCUT2D eigenvalue weighted by atomic mass is 15.2. The summed E-state index contributed by atoms with van der Waals surface area (Å²) in [4.78, 5) is 2.71. The summed E-state index contributed by atoms with van der Waals surface area (Å²) in [6, 6.07) is 1.53. The molecule has 0 amide bonds. The first-order valence-corrected chi connectivity index (χ1v) is 7.14. The summed E-state index contributed by atoms with van der Waals surface area (Å²) in [5.41, 5.74) is 0. The van der Waals surface area contributed by atoms with Crippen molar-refractivity contribution in [3.8, 4) is 0 Å². The van der Waals surface area contributed by atoms with E-state index < -0.39 is 0 Å². The monoisotopic (exact) mass is 224 g/mol. The highest BCUT2D eigenvalue weighted by molar-refractivity contribution is 4.84. The van der Waals surface area contributed by atoms with Crippen molar-refractivity contribution in [2.24, 2.45) is 11.8 Å². The van der Waals surface area contributed by atoms with Crippen molar-refractivity contribution in [2.45, 2.75) is 58.5 Å². The van der Waals surface area contributed by atoms with Crippen LogP contribution in [0, 0.1) is 11.8 Å². The molecule has 0 saturated carbocycles. The summed E-state index contributed by atoms with van der Waals surface area (Å²) in [6.07, 6.45) is 5.56. The summed E-state index contributed by atoms with van der Waals surface area (Å²) in [5, 5.41) is 3.69. The molecular formula is C14H28N2. The van der Waals surface area contributed by atoms with Crippen LogP contribution in [0.2, 0.25) is 0 Å². The molecule has 16 heavy (non-hydrogen) atoms. The highest BCUT2D eigenvalue weighted by Crippen LogP contribution is 2.24. The third-order valence-corrected chi connectivity index (χ3v) is 4.72. The molecule has 2 aliphatic rings. The molecule has 4 atom stereocenters. The first-order valence-electron chi connectivity index (χ1n) is 7.14. The lowest BCUT2D eigenvalue weighted by atomic mass is 9.89. The zero-order valence-electron chi connectivity index (χ0n) is 11.2. The van der Waals surface area contributed by atoms with E-state index in [1.807, 2.05) is 0 Å². The van der Waals surface area contributed by atoms with Gasteiger partial charge in [0, 0.05) is 18.6 Å². The highest BCUT2D eigenvalue weighted by Gasteiger charge is 2.28. The van der Waals surface area contributed by atoms with Crippen LogP contribution in [0.5, 0.6) is 0 Å². The first kappa shape index (κ1) is 12.4. The smallest absolute Gasteiger partial charge is 0.0197 e. The van der Waals surface area contributed by atoms with Crippen LogP contribution in [0.4, 0.5) is 0 Å². The van der Waals surface area contributed by atoms with Gasteiger partial charge in [-0.05, 0) is 57.5 Å². The molecule has 2 fully saturated rings. The Balaban J connectivity index is 1.83. The van der Waals surface area contributed by atoms with E-state index in [-0.39, 0.29) is 0 Å². The van der Waals surface area contributed by atoms with Crippen LogP contribution in [0.15, 0.2) is 0 Å². The lowest BCUT2D eigenvalue weighted by Gasteiger charge is -2.41. The molecule has 2 saturated heterocycles. The van der Waals surface area contributed by atoms with E-state index in [9.17, 15) is 0 Å². The maximum Gasteiger partial charge on any atom is 0.0197 e. The van der Waals surface area contributed by atoms with Gasteiger partial charge >= 0.3 is 0 Å². The second-order valence-corrected chi connectivity index (χ2v) is 6.14. The minimum atomic E-state index is 0.747. The number of hydrogen-bond acceptors (Lipinski definition) is 2. The van der Waals surface area contributed by atoms with E-state index in [4.69, 9.17) is 0 Å². The van der Waals surface area contributed by atoms with Gasteiger partial charge in [-0.2, -0.15) is 0 Å². The fraction of sp³-hybridized carbons (Fsp3) is 1.00. The Labute approximate surface area is 101 Å². The molecule has 2 heteroatoms. The van der Waals surface area contributed by atoms with Crippen LogP contribution in [-0.4, -0.2) is 36.6 Å². The maximum absolute atomic E-state index is 3.69. The van der Waals surface area contributed by atoms with Crippen molar-refractivity contribution < 1.29 is 0 Å². The number of likely N-dealkylation sites (tertiary alicyclic amines) is 1. The van der Waals surface area contributed by atoms with E-state index in [0.717, 1.165) is 23.9 Å². The molecule has 2 nitrogen and oxygen atoms in total. The molecule has 0 aromatic heterocycles. The van der Waals surface area contributed by atoms with Gasteiger partial charge in [0.15, 0.2) is 0 Å². The van der Waals surface area contributed by atoms with Gasteiger partial charge in [0.1, 0.15) is 0 Å². The summed E-state index contributed by atoms with van der Waals surface area (Å²) >= 11 is 0. The van der Waals surface area contributed by atoms with Crippen molar-refractivity contribution >= 4 is 0 Å². The lowest BCUT2D eigenvalue weighted by molar-refractivity contribution is 0.0932. The second-order valence-electron chi connectivity index (χ2n) is 6.14. The van der Waals surface area contributed by atoms with Crippen LogP contribution < -0.4 is 5.32 Å². The molecule has 2 rings (SSSR count). The molecule has 4 unspecified atom stereocenters. The first-order chi connectivity index (χ1) is 7.66. The van der Waals surface area contributed by atoms with E-state index in [1.165, 1.54) is 45.3 Å². The van der Waals surface area contributed by atoms with E-state index >= 15 is 0 Å².